The number of aryl methyl sites for hydroxylation is 1. The van der Waals surface area contributed by atoms with Crippen molar-refractivity contribution in [3.8, 4) is 6.07 Å². The number of aromatic nitrogens is 1. The molecule has 0 spiro atoms. The maximum absolute atomic E-state index is 10.6. The largest absolute Gasteiger partial charge is 0.345 e. The number of hydrogen-bond donors (Lipinski definition) is 0. The summed E-state index contributed by atoms with van der Waals surface area (Å²) in [5.41, 5.74) is 0.337. The Morgan fingerprint density at radius 3 is 2.93 bits per heavy atom. The second-order valence-electron chi connectivity index (χ2n) is 3.99. The van der Waals surface area contributed by atoms with Gasteiger partial charge in [-0.25, -0.2) is 0 Å². The van der Waals surface area contributed by atoms with E-state index in [0.29, 0.717) is 12.2 Å². The smallest absolute Gasteiger partial charge is 0.166 e. The van der Waals surface area contributed by atoms with E-state index in [4.69, 9.17) is 5.26 Å². The summed E-state index contributed by atoms with van der Waals surface area (Å²) in [6.07, 6.45) is 3.44. The van der Waals surface area contributed by atoms with E-state index in [1.165, 1.54) is 0 Å². The molecule has 14 heavy (non-hydrogen) atoms. The SMILES string of the molecule is CC(C)(C#N)CCn1cccc1C=O. The van der Waals surface area contributed by atoms with E-state index in [1.807, 2.05) is 30.7 Å². The molecule has 0 radical (unpaired) electrons. The van der Waals surface area contributed by atoms with Crippen LogP contribution in [0.4, 0.5) is 0 Å². The molecule has 1 aromatic heterocycles. The number of nitrogens with zero attached hydrogens (tertiary/aromatic N) is 2. The second-order valence-corrected chi connectivity index (χ2v) is 3.99. The van der Waals surface area contributed by atoms with Crippen LogP contribution in [-0.4, -0.2) is 10.9 Å². The van der Waals surface area contributed by atoms with Gasteiger partial charge in [-0.3, -0.25) is 4.79 Å². The van der Waals surface area contributed by atoms with Gasteiger partial charge in [0.2, 0.25) is 0 Å². The standard InChI is InChI=1S/C11H14N2O/c1-11(2,9-12)5-7-13-6-3-4-10(13)8-14/h3-4,6,8H,5,7H2,1-2H3. The monoisotopic (exact) mass is 190 g/mol. The third kappa shape index (κ3) is 2.46. The maximum Gasteiger partial charge on any atom is 0.166 e. The van der Waals surface area contributed by atoms with Gasteiger partial charge in [0.25, 0.3) is 0 Å². The Kier molecular flexibility index (Phi) is 3.08. The van der Waals surface area contributed by atoms with Crippen LogP contribution in [0.5, 0.6) is 0 Å². The molecule has 1 rings (SSSR count). The quantitative estimate of drug-likeness (QED) is 0.683. The van der Waals surface area contributed by atoms with Gasteiger partial charge < -0.3 is 4.57 Å². The lowest BCUT2D eigenvalue weighted by atomic mass is 9.91. The first-order valence-corrected chi connectivity index (χ1v) is 4.60. The summed E-state index contributed by atoms with van der Waals surface area (Å²) in [4.78, 5) is 10.6. The van der Waals surface area contributed by atoms with Crippen molar-refractivity contribution >= 4 is 6.29 Å². The Labute approximate surface area is 84.0 Å². The highest BCUT2D eigenvalue weighted by Gasteiger charge is 2.16. The number of carbonyl (C=O) groups is 1. The van der Waals surface area contributed by atoms with Crippen molar-refractivity contribution in [2.45, 2.75) is 26.8 Å². The van der Waals surface area contributed by atoms with Gasteiger partial charge in [0.05, 0.1) is 17.2 Å². The van der Waals surface area contributed by atoms with Crippen molar-refractivity contribution in [1.29, 1.82) is 5.26 Å². The van der Waals surface area contributed by atoms with Crippen molar-refractivity contribution in [3.05, 3.63) is 24.0 Å². The molecule has 3 heteroatoms. The molecule has 0 saturated heterocycles. The van der Waals surface area contributed by atoms with E-state index in [0.717, 1.165) is 12.7 Å². The summed E-state index contributed by atoms with van der Waals surface area (Å²) in [5, 5.41) is 8.82. The average molecular weight is 190 g/mol. The molecular formula is C11H14N2O. The Bertz CT molecular complexity index is 358. The zero-order chi connectivity index (χ0) is 10.6. The van der Waals surface area contributed by atoms with Gasteiger partial charge in [0.1, 0.15) is 0 Å². The average Bonchev–Trinajstić information content (AvgIpc) is 2.62. The fraction of sp³-hybridized carbons (Fsp3) is 0.455. The summed E-state index contributed by atoms with van der Waals surface area (Å²) >= 11 is 0. The van der Waals surface area contributed by atoms with E-state index in [1.54, 1.807) is 6.07 Å². The molecule has 0 aromatic carbocycles. The summed E-state index contributed by atoms with van der Waals surface area (Å²) in [7, 11) is 0. The zero-order valence-corrected chi connectivity index (χ0v) is 8.53. The second kappa shape index (κ2) is 4.10. The zero-order valence-electron chi connectivity index (χ0n) is 8.53. The van der Waals surface area contributed by atoms with Gasteiger partial charge in [-0.15, -0.1) is 0 Å². The van der Waals surface area contributed by atoms with E-state index < -0.39 is 0 Å². The third-order valence-corrected chi connectivity index (χ3v) is 2.27. The van der Waals surface area contributed by atoms with E-state index in [-0.39, 0.29) is 5.41 Å². The van der Waals surface area contributed by atoms with Crippen molar-refractivity contribution < 1.29 is 4.79 Å². The Balaban J connectivity index is 2.63. The molecule has 0 fully saturated rings. The summed E-state index contributed by atoms with van der Waals surface area (Å²) in [5.74, 6) is 0. The minimum absolute atomic E-state index is 0.329. The Hall–Kier alpha value is -1.56. The molecule has 0 aliphatic rings. The minimum Gasteiger partial charge on any atom is -0.345 e. The number of nitriles is 1. The van der Waals surface area contributed by atoms with E-state index in [9.17, 15) is 4.79 Å². The fourth-order valence-electron chi connectivity index (χ4n) is 1.19. The van der Waals surface area contributed by atoms with Crippen LogP contribution in [0.3, 0.4) is 0 Å². The predicted octanol–water partition coefficient (Wildman–Crippen LogP) is 2.24. The van der Waals surface area contributed by atoms with Crippen LogP contribution in [0.2, 0.25) is 0 Å². The van der Waals surface area contributed by atoms with Crippen LogP contribution in [0, 0.1) is 16.7 Å². The van der Waals surface area contributed by atoms with Crippen molar-refractivity contribution in [1.82, 2.24) is 4.57 Å². The molecule has 3 nitrogen and oxygen atoms in total. The highest BCUT2D eigenvalue weighted by atomic mass is 16.1. The van der Waals surface area contributed by atoms with Gasteiger partial charge in [-0.2, -0.15) is 5.26 Å². The molecular weight excluding hydrogens is 176 g/mol. The highest BCUT2D eigenvalue weighted by molar-refractivity contribution is 5.72. The Morgan fingerprint density at radius 2 is 2.36 bits per heavy atom. The molecule has 0 unspecified atom stereocenters. The summed E-state index contributed by atoms with van der Waals surface area (Å²) in [6, 6.07) is 5.85. The molecule has 74 valence electrons. The van der Waals surface area contributed by atoms with Crippen molar-refractivity contribution in [2.75, 3.05) is 0 Å². The van der Waals surface area contributed by atoms with Gasteiger partial charge in [-0.05, 0) is 32.4 Å². The van der Waals surface area contributed by atoms with Crippen LogP contribution in [0.25, 0.3) is 0 Å². The van der Waals surface area contributed by atoms with Gasteiger partial charge in [0.15, 0.2) is 6.29 Å². The minimum atomic E-state index is -0.329. The fourth-order valence-corrected chi connectivity index (χ4v) is 1.19. The van der Waals surface area contributed by atoms with E-state index in [2.05, 4.69) is 6.07 Å². The first kappa shape index (κ1) is 10.5. The molecule has 0 aliphatic carbocycles. The molecule has 0 bridgehead atoms. The summed E-state index contributed by atoms with van der Waals surface area (Å²) in [6.45, 7) is 4.51. The Morgan fingerprint density at radius 1 is 1.64 bits per heavy atom. The first-order valence-electron chi connectivity index (χ1n) is 4.60. The molecule has 0 N–H and O–H groups in total. The molecule has 0 saturated carbocycles. The number of carbonyl (C=O) groups excluding carboxylic acids is 1. The lowest BCUT2D eigenvalue weighted by Crippen LogP contribution is -2.13. The number of rotatable bonds is 4. The summed E-state index contributed by atoms with van der Waals surface area (Å²) < 4.78 is 1.87. The number of hydrogen-bond acceptors (Lipinski definition) is 2. The lowest BCUT2D eigenvalue weighted by molar-refractivity contribution is 0.111. The maximum atomic E-state index is 10.6. The number of aldehydes is 1. The predicted molar refractivity (Wildman–Crippen MR) is 53.8 cm³/mol. The topological polar surface area (TPSA) is 45.8 Å². The molecule has 0 amide bonds. The molecule has 1 heterocycles. The van der Waals surface area contributed by atoms with Crippen LogP contribution in [-0.2, 0) is 6.54 Å². The molecule has 1 aromatic rings. The normalized spacial score (nSPS) is 10.9. The van der Waals surface area contributed by atoms with Gasteiger partial charge >= 0.3 is 0 Å². The van der Waals surface area contributed by atoms with Crippen LogP contribution in [0.1, 0.15) is 30.8 Å². The van der Waals surface area contributed by atoms with Crippen molar-refractivity contribution in [3.63, 3.8) is 0 Å². The lowest BCUT2D eigenvalue weighted by Gasteiger charge is -2.15. The van der Waals surface area contributed by atoms with Crippen LogP contribution >= 0.6 is 0 Å². The van der Waals surface area contributed by atoms with Crippen LogP contribution in [0.15, 0.2) is 18.3 Å². The third-order valence-electron chi connectivity index (χ3n) is 2.27. The van der Waals surface area contributed by atoms with Gasteiger partial charge in [-0.1, -0.05) is 0 Å². The van der Waals surface area contributed by atoms with Crippen molar-refractivity contribution in [2.24, 2.45) is 5.41 Å². The van der Waals surface area contributed by atoms with Gasteiger partial charge in [0, 0.05) is 12.7 Å². The van der Waals surface area contributed by atoms with E-state index >= 15 is 0 Å². The first-order chi connectivity index (χ1) is 6.59. The highest BCUT2D eigenvalue weighted by Crippen LogP contribution is 2.19. The molecule has 0 aliphatic heterocycles. The molecule has 0 atom stereocenters. The van der Waals surface area contributed by atoms with Crippen LogP contribution < -0.4 is 0 Å².